The van der Waals surface area contributed by atoms with E-state index in [2.05, 4.69) is 131 Å². The molecule has 0 radical (unpaired) electrons. The number of carbonyl (C=O) groups is 8. The van der Waals surface area contributed by atoms with Crippen molar-refractivity contribution in [1.29, 1.82) is 0 Å². The predicted molar refractivity (Wildman–Crippen MR) is 551 cm³/mol. The Labute approximate surface area is 838 Å². The second-order valence-corrected chi connectivity index (χ2v) is 46.6. The normalized spacial score (nSPS) is 22.8. The molecule has 10 fully saturated rings. The van der Waals surface area contributed by atoms with Gasteiger partial charge in [0.05, 0.1) is 66.6 Å². The lowest BCUT2D eigenvalue weighted by atomic mass is 10.0. The van der Waals surface area contributed by atoms with Crippen LogP contribution in [0.25, 0.3) is 41.8 Å². The van der Waals surface area contributed by atoms with E-state index in [1.165, 1.54) is 58.2 Å². The zero-order valence-corrected chi connectivity index (χ0v) is 88.1. The molecular formula is C104H144N20O12S4. The average molecular weight is 1990 g/mol. The summed E-state index contributed by atoms with van der Waals surface area (Å²) in [4.78, 5) is 155. The Morgan fingerprint density at radius 2 is 0.614 bits per heavy atom. The van der Waals surface area contributed by atoms with Crippen LogP contribution in [0.15, 0.2) is 49.1 Å². The summed E-state index contributed by atoms with van der Waals surface area (Å²) in [6, 6.07) is 9.57. The van der Waals surface area contributed by atoms with Gasteiger partial charge in [0.25, 0.3) is 47.3 Å². The molecule has 756 valence electrons. The number of nitrogens with one attached hydrogen (secondary N) is 8. The molecule has 8 bridgehead atoms. The van der Waals surface area contributed by atoms with Crippen LogP contribution in [0.1, 0.15) is 362 Å². The van der Waals surface area contributed by atoms with Gasteiger partial charge in [-0.1, -0.05) is 13.8 Å². The lowest BCUT2D eigenvalue weighted by molar-refractivity contribution is 0.0408. The minimum absolute atomic E-state index is 0.0833. The van der Waals surface area contributed by atoms with Crippen molar-refractivity contribution >= 4 is 116 Å². The standard InChI is InChI=1S/C27H37N5O3S.2C26H37N5O3S.C25H33N5O3S/c1-14-12-21(29-15(2)17-6-7-17)28-13-20(14)23-22(26(34)32-18-8-9-19(32)11-10-18)31-25(36-23)24(33)30-16(3)27(4,5)35;2*1-7-15(3)28-20-12-14(2)19(13-27-20)22-21(25(33)31-17-8-9-18(31)11-10-17)30-24(35-22)23(32)29-16(4)26(5,6)34;1-13(2)27-20-11-14(3)17(12-26-20)22-21(25(33)30-15-7-8-16(30)10-9-15)29-24(34-22)23(32)28-18-5-4-6-19(18)31/h12-13,15-19,35H,6-11H2,1-5H3,(H,28,29)(H,30,33);2*12-13,15-18,34H,7-11H2,1-6H3,(H,27,28)(H,29,32);11-13,15-16,18-19,31H,4-10H2,1-3H3,(H,26,27)(H,28,32)/t15-,16-,18?,19?;15-,16+,17?,18?;15-,16-,17?,18?;15?,16?,18-,19-/m1110/s1. The maximum Gasteiger partial charge on any atom is 0.280 e. The predicted octanol–water partition coefficient (Wildman–Crippen LogP) is 16.9. The molecule has 0 unspecified atom stereocenters. The number of pyridine rings is 4. The maximum atomic E-state index is 13.8. The highest BCUT2D eigenvalue weighted by molar-refractivity contribution is 7.18. The number of hydrogen-bond donors (Lipinski definition) is 12. The summed E-state index contributed by atoms with van der Waals surface area (Å²) in [6.45, 7) is 37.9. The van der Waals surface area contributed by atoms with E-state index >= 15 is 0 Å². The van der Waals surface area contributed by atoms with Crippen LogP contribution in [0.5, 0.6) is 0 Å². The summed E-state index contributed by atoms with van der Waals surface area (Å²) in [7, 11) is 0. The van der Waals surface area contributed by atoms with Crippen molar-refractivity contribution in [2.45, 2.75) is 406 Å². The van der Waals surface area contributed by atoms with Gasteiger partial charge in [0, 0.05) is 120 Å². The SMILES string of the molecule is CC[C@@H](C)Nc1cc(C)c(-c2sc(C(=O)N[C@@H](C)C(C)(C)O)nc2C(=O)N2C3CCC2CC3)cn1.CC[C@@H](C)Nc1cc(C)c(-c2sc(C(=O)N[C@H](C)C(C)(C)O)nc2C(=O)N2C3CCC2CC3)cn1.Cc1cc(NC(C)C)ncc1-c1sc(C(=O)N[C@H]2CCC[C@@H]2O)nc1C(=O)N1C2CCC1CC2.Cc1cc(N[C@H](C)C2CC2)ncc1-c1sc(C(=O)N[C@H](C)C(C)(C)O)nc1C(=O)N1C2CCC1CC2. The van der Waals surface area contributed by atoms with Gasteiger partial charge in [0.2, 0.25) is 0 Å². The van der Waals surface area contributed by atoms with Gasteiger partial charge in [0.15, 0.2) is 20.0 Å². The van der Waals surface area contributed by atoms with Crippen LogP contribution in [0, 0.1) is 33.6 Å². The highest BCUT2D eigenvalue weighted by atomic mass is 32.1. The van der Waals surface area contributed by atoms with Crippen LogP contribution in [0.3, 0.4) is 0 Å². The van der Waals surface area contributed by atoms with Gasteiger partial charge in [-0.15, -0.1) is 45.3 Å². The van der Waals surface area contributed by atoms with Gasteiger partial charge in [-0.05, 0) is 325 Å². The lowest BCUT2D eigenvalue weighted by Gasteiger charge is -2.26. The molecular weight excluding hydrogens is 1850 g/mol. The molecule has 8 atom stereocenters. The zero-order valence-electron chi connectivity index (χ0n) is 84.8. The molecule has 8 saturated heterocycles. The molecule has 0 aromatic carbocycles. The maximum absolute atomic E-state index is 13.8. The molecule has 2 aliphatic carbocycles. The first-order valence-corrected chi connectivity index (χ1v) is 54.0. The highest BCUT2D eigenvalue weighted by Gasteiger charge is 2.50. The highest BCUT2D eigenvalue weighted by Crippen LogP contribution is 2.48. The molecule has 2 saturated carbocycles. The number of thiazole rings is 4. The van der Waals surface area contributed by atoms with Crippen molar-refractivity contribution in [2.75, 3.05) is 21.3 Å². The number of anilines is 4. The zero-order chi connectivity index (χ0) is 101. The number of rotatable bonds is 30. The quantitative estimate of drug-likeness (QED) is 0.0199. The van der Waals surface area contributed by atoms with E-state index in [9.17, 15) is 58.8 Å². The van der Waals surface area contributed by atoms with Crippen LogP contribution in [-0.2, 0) is 0 Å². The van der Waals surface area contributed by atoms with Crippen LogP contribution in [0.2, 0.25) is 0 Å². The van der Waals surface area contributed by atoms with E-state index in [1.54, 1.807) is 87.1 Å². The van der Waals surface area contributed by atoms with E-state index in [1.807, 2.05) is 71.6 Å². The Hall–Kier alpha value is -10.1. The third-order valence-corrected chi connectivity index (χ3v) is 34.8. The Balaban J connectivity index is 0.000000141. The molecule has 12 N–H and O–H groups in total. The smallest absolute Gasteiger partial charge is 0.280 e. The van der Waals surface area contributed by atoms with Crippen LogP contribution in [0.4, 0.5) is 23.3 Å². The lowest BCUT2D eigenvalue weighted by Crippen LogP contribution is -2.47. The summed E-state index contributed by atoms with van der Waals surface area (Å²) in [5.74, 6) is 2.00. The first-order chi connectivity index (χ1) is 66.3. The van der Waals surface area contributed by atoms with Crippen LogP contribution < -0.4 is 42.5 Å². The van der Waals surface area contributed by atoms with Crippen molar-refractivity contribution in [3.05, 3.63) is 114 Å². The van der Waals surface area contributed by atoms with Crippen molar-refractivity contribution < 1.29 is 58.8 Å². The second kappa shape index (κ2) is 43.2. The van der Waals surface area contributed by atoms with E-state index in [-0.39, 0.29) is 116 Å². The molecule has 32 nitrogen and oxygen atoms in total. The number of nitrogens with zero attached hydrogens (tertiary/aromatic N) is 12. The van der Waals surface area contributed by atoms with Gasteiger partial charge in [-0.3, -0.25) is 38.4 Å². The monoisotopic (exact) mass is 1990 g/mol. The van der Waals surface area contributed by atoms with E-state index in [4.69, 9.17) is 0 Å². The third kappa shape index (κ3) is 23.4. The number of aliphatic hydroxyl groups excluding tert-OH is 1. The van der Waals surface area contributed by atoms with Crippen LogP contribution >= 0.6 is 45.3 Å². The number of carbonyl (C=O) groups excluding carboxylic acids is 8. The fourth-order valence-corrected chi connectivity index (χ4v) is 24.7. The molecule has 8 amide bonds. The Morgan fingerprint density at radius 3 is 0.836 bits per heavy atom. The topological polar surface area (TPSA) is 430 Å². The summed E-state index contributed by atoms with van der Waals surface area (Å²) in [6.07, 6.45) is 29.9. The number of aliphatic hydroxyl groups is 4. The number of hydrogen-bond acceptors (Lipinski definition) is 28. The van der Waals surface area contributed by atoms with Crippen molar-refractivity contribution in [2.24, 2.45) is 5.92 Å². The van der Waals surface area contributed by atoms with Gasteiger partial charge >= 0.3 is 0 Å². The summed E-state index contributed by atoms with van der Waals surface area (Å²) in [5, 5.41) is 66.8. The number of fused-ring (bicyclic) bond motifs is 8. The third-order valence-electron chi connectivity index (χ3n) is 30.4. The summed E-state index contributed by atoms with van der Waals surface area (Å²) >= 11 is 4.87. The molecule has 18 rings (SSSR count). The fraction of sp³-hybridized carbons (Fsp3) is 0.615. The molecule has 140 heavy (non-hydrogen) atoms. The van der Waals surface area contributed by atoms with Gasteiger partial charge < -0.3 is 82.6 Å². The number of aryl methyl sites for hydroxylation is 4. The van der Waals surface area contributed by atoms with Crippen molar-refractivity contribution in [1.82, 2.24) is 80.7 Å². The summed E-state index contributed by atoms with van der Waals surface area (Å²) < 4.78 is 0. The largest absolute Gasteiger partial charge is 0.391 e. The minimum atomic E-state index is -1.08. The van der Waals surface area contributed by atoms with Gasteiger partial charge in [-0.2, -0.15) is 0 Å². The average Bonchev–Trinajstić information content (AvgIpc) is 1.62. The number of aromatic nitrogens is 8. The molecule has 8 aromatic rings. The number of amides is 8. The molecule has 8 aromatic heterocycles. The molecule has 0 spiro atoms. The van der Waals surface area contributed by atoms with Crippen molar-refractivity contribution in [3.8, 4) is 41.8 Å². The van der Waals surface area contributed by atoms with E-state index in [0.29, 0.717) is 72.7 Å². The Morgan fingerprint density at radius 1 is 0.364 bits per heavy atom. The summed E-state index contributed by atoms with van der Waals surface area (Å²) in [5.41, 5.74) is 5.21. The van der Waals surface area contributed by atoms with E-state index in [0.717, 1.165) is 196 Å². The molecule has 16 heterocycles. The van der Waals surface area contributed by atoms with Crippen molar-refractivity contribution in [3.63, 3.8) is 0 Å². The van der Waals surface area contributed by atoms with Crippen LogP contribution in [-0.4, -0.2) is 247 Å². The Kier molecular flexibility index (Phi) is 32.2. The Bertz CT molecular complexity index is 5630. The molecule has 10 aliphatic rings. The molecule has 8 aliphatic heterocycles. The van der Waals surface area contributed by atoms with E-state index < -0.39 is 52.8 Å². The van der Waals surface area contributed by atoms with Gasteiger partial charge in [-0.25, -0.2) is 39.9 Å². The fourth-order valence-electron chi connectivity index (χ4n) is 20.5. The molecule has 36 heteroatoms. The first-order valence-electron chi connectivity index (χ1n) is 50.7. The second-order valence-electron chi connectivity index (χ2n) is 42.6. The van der Waals surface area contributed by atoms with Gasteiger partial charge in [0.1, 0.15) is 46.0 Å². The minimum Gasteiger partial charge on any atom is -0.391 e. The first kappa shape index (κ1) is 104.